The summed E-state index contributed by atoms with van der Waals surface area (Å²) in [7, 11) is 0. The molecule has 1 aliphatic rings. The van der Waals surface area contributed by atoms with Crippen LogP contribution in [0.2, 0.25) is 0 Å². The number of carbonyl (C=O) groups excluding carboxylic acids is 1. The number of hydrogen-bond donors (Lipinski definition) is 2. The monoisotopic (exact) mass is 218 g/mol. The minimum atomic E-state index is 0.104. The van der Waals surface area contributed by atoms with Gasteiger partial charge in [0.2, 0.25) is 5.91 Å². The maximum Gasteiger partial charge on any atom is 0.224 e. The summed E-state index contributed by atoms with van der Waals surface area (Å²) in [6.07, 6.45) is 2.97. The van der Waals surface area contributed by atoms with Crippen molar-refractivity contribution in [1.29, 1.82) is 0 Å². The predicted molar refractivity (Wildman–Crippen MR) is 63.8 cm³/mol. The second kappa shape index (κ2) is 5.12. The number of rotatable bonds is 5. The Morgan fingerprint density at radius 2 is 2.00 bits per heavy atom. The average Bonchev–Trinajstić information content (AvgIpc) is 3.11. The first-order valence-corrected chi connectivity index (χ1v) is 5.83. The number of nitrogens with one attached hydrogen (secondary N) is 1. The highest BCUT2D eigenvalue weighted by Crippen LogP contribution is 2.27. The van der Waals surface area contributed by atoms with Crippen LogP contribution in [0, 0.1) is 5.92 Å². The van der Waals surface area contributed by atoms with E-state index in [0.717, 1.165) is 23.6 Å². The highest BCUT2D eigenvalue weighted by Gasteiger charge is 2.21. The van der Waals surface area contributed by atoms with E-state index in [1.807, 2.05) is 24.3 Å². The number of amides is 1. The summed E-state index contributed by atoms with van der Waals surface area (Å²) in [5.41, 5.74) is 7.73. The fourth-order valence-corrected chi connectivity index (χ4v) is 1.74. The summed E-state index contributed by atoms with van der Waals surface area (Å²) < 4.78 is 0. The highest BCUT2D eigenvalue weighted by atomic mass is 16.1. The maximum atomic E-state index is 11.7. The molecule has 0 radical (unpaired) electrons. The van der Waals surface area contributed by atoms with Crippen molar-refractivity contribution in [1.82, 2.24) is 5.32 Å². The van der Waals surface area contributed by atoms with Gasteiger partial charge in [0.25, 0.3) is 0 Å². The highest BCUT2D eigenvalue weighted by molar-refractivity contribution is 5.78. The van der Waals surface area contributed by atoms with Gasteiger partial charge >= 0.3 is 0 Å². The van der Waals surface area contributed by atoms with E-state index in [1.54, 1.807) is 0 Å². The lowest BCUT2D eigenvalue weighted by Gasteiger charge is -2.08. The standard InChI is InChI=1S/C13H18N2O/c14-8-12-4-2-1-3-11(12)7-13(16)15-9-10-5-6-10/h1-4,10H,5-9,14H2,(H,15,16). The van der Waals surface area contributed by atoms with Crippen molar-refractivity contribution in [2.24, 2.45) is 11.7 Å². The smallest absolute Gasteiger partial charge is 0.224 e. The Morgan fingerprint density at radius 1 is 1.31 bits per heavy atom. The van der Waals surface area contributed by atoms with E-state index in [-0.39, 0.29) is 5.91 Å². The van der Waals surface area contributed by atoms with Crippen LogP contribution < -0.4 is 11.1 Å². The Morgan fingerprint density at radius 3 is 2.62 bits per heavy atom. The molecule has 86 valence electrons. The summed E-state index contributed by atoms with van der Waals surface area (Å²) in [5.74, 6) is 0.835. The normalized spacial score (nSPS) is 14.8. The maximum absolute atomic E-state index is 11.7. The van der Waals surface area contributed by atoms with Crippen molar-refractivity contribution >= 4 is 5.91 Å². The molecule has 0 heterocycles. The Bertz CT molecular complexity index is 372. The predicted octanol–water partition coefficient (Wildman–Crippen LogP) is 1.21. The van der Waals surface area contributed by atoms with Crippen molar-refractivity contribution in [3.8, 4) is 0 Å². The second-order valence-electron chi connectivity index (χ2n) is 4.40. The number of nitrogens with two attached hydrogens (primary N) is 1. The van der Waals surface area contributed by atoms with Gasteiger partial charge in [-0.2, -0.15) is 0 Å². The van der Waals surface area contributed by atoms with Gasteiger partial charge in [-0.1, -0.05) is 24.3 Å². The molecule has 1 aromatic carbocycles. The number of hydrogen-bond acceptors (Lipinski definition) is 2. The van der Waals surface area contributed by atoms with Crippen molar-refractivity contribution in [3.63, 3.8) is 0 Å². The summed E-state index contributed by atoms with van der Waals surface area (Å²) in [6, 6.07) is 7.85. The molecule has 3 nitrogen and oxygen atoms in total. The first-order chi connectivity index (χ1) is 7.79. The van der Waals surface area contributed by atoms with Gasteiger partial charge in [-0.15, -0.1) is 0 Å². The molecule has 2 rings (SSSR count). The van der Waals surface area contributed by atoms with Gasteiger partial charge in [-0.25, -0.2) is 0 Å². The van der Waals surface area contributed by atoms with Crippen molar-refractivity contribution in [2.75, 3.05) is 6.54 Å². The summed E-state index contributed by atoms with van der Waals surface area (Å²) in [4.78, 5) is 11.7. The fourth-order valence-electron chi connectivity index (χ4n) is 1.74. The van der Waals surface area contributed by atoms with E-state index in [0.29, 0.717) is 13.0 Å². The van der Waals surface area contributed by atoms with Gasteiger partial charge in [0.15, 0.2) is 0 Å². The van der Waals surface area contributed by atoms with Gasteiger partial charge in [-0.3, -0.25) is 4.79 Å². The van der Waals surface area contributed by atoms with Crippen LogP contribution in [-0.2, 0) is 17.8 Å². The third-order valence-corrected chi connectivity index (χ3v) is 2.97. The lowest BCUT2D eigenvalue weighted by molar-refractivity contribution is -0.120. The third kappa shape index (κ3) is 3.07. The molecule has 0 saturated heterocycles. The van der Waals surface area contributed by atoms with Gasteiger partial charge < -0.3 is 11.1 Å². The van der Waals surface area contributed by atoms with Crippen LogP contribution in [0.1, 0.15) is 24.0 Å². The fraction of sp³-hybridized carbons (Fsp3) is 0.462. The van der Waals surface area contributed by atoms with Crippen LogP contribution in [0.25, 0.3) is 0 Å². The van der Waals surface area contributed by atoms with Crippen molar-refractivity contribution < 1.29 is 4.79 Å². The Balaban J connectivity index is 1.88. The molecule has 1 aromatic rings. The van der Waals surface area contributed by atoms with E-state index < -0.39 is 0 Å². The van der Waals surface area contributed by atoms with Crippen LogP contribution in [0.15, 0.2) is 24.3 Å². The van der Waals surface area contributed by atoms with E-state index in [1.165, 1.54) is 12.8 Å². The number of benzene rings is 1. The van der Waals surface area contributed by atoms with Gasteiger partial charge in [0.1, 0.15) is 0 Å². The molecule has 0 aliphatic heterocycles. The quantitative estimate of drug-likeness (QED) is 0.780. The zero-order valence-corrected chi connectivity index (χ0v) is 9.41. The van der Waals surface area contributed by atoms with Crippen LogP contribution in [0.4, 0.5) is 0 Å². The van der Waals surface area contributed by atoms with E-state index in [2.05, 4.69) is 5.32 Å². The Kier molecular flexibility index (Phi) is 3.57. The molecule has 0 bridgehead atoms. The molecule has 1 fully saturated rings. The Labute approximate surface area is 96.0 Å². The SMILES string of the molecule is NCc1ccccc1CC(=O)NCC1CC1. The van der Waals surface area contributed by atoms with Crippen LogP contribution in [0.3, 0.4) is 0 Å². The van der Waals surface area contributed by atoms with Gasteiger partial charge in [0.05, 0.1) is 6.42 Å². The zero-order valence-electron chi connectivity index (χ0n) is 9.41. The van der Waals surface area contributed by atoms with E-state index >= 15 is 0 Å². The molecule has 3 heteroatoms. The van der Waals surface area contributed by atoms with Crippen LogP contribution >= 0.6 is 0 Å². The molecule has 0 spiro atoms. The minimum Gasteiger partial charge on any atom is -0.356 e. The van der Waals surface area contributed by atoms with E-state index in [4.69, 9.17) is 5.73 Å². The van der Waals surface area contributed by atoms with Crippen molar-refractivity contribution in [2.45, 2.75) is 25.8 Å². The lowest BCUT2D eigenvalue weighted by Crippen LogP contribution is -2.27. The molecule has 0 aromatic heterocycles. The lowest BCUT2D eigenvalue weighted by atomic mass is 10.0. The first kappa shape index (κ1) is 11.1. The van der Waals surface area contributed by atoms with Crippen molar-refractivity contribution in [3.05, 3.63) is 35.4 Å². The molecular formula is C13H18N2O. The molecule has 0 unspecified atom stereocenters. The van der Waals surface area contributed by atoms with Crippen LogP contribution in [0.5, 0.6) is 0 Å². The van der Waals surface area contributed by atoms with Gasteiger partial charge in [0, 0.05) is 13.1 Å². The molecule has 1 aliphatic carbocycles. The second-order valence-corrected chi connectivity index (χ2v) is 4.40. The molecule has 16 heavy (non-hydrogen) atoms. The minimum absolute atomic E-state index is 0.104. The summed E-state index contributed by atoms with van der Waals surface area (Å²) in [5, 5.41) is 2.96. The number of carbonyl (C=O) groups is 1. The van der Waals surface area contributed by atoms with Crippen LogP contribution in [-0.4, -0.2) is 12.5 Å². The molecular weight excluding hydrogens is 200 g/mol. The molecule has 3 N–H and O–H groups in total. The average molecular weight is 218 g/mol. The zero-order chi connectivity index (χ0) is 11.4. The Hall–Kier alpha value is -1.35. The first-order valence-electron chi connectivity index (χ1n) is 5.83. The van der Waals surface area contributed by atoms with Gasteiger partial charge in [-0.05, 0) is 29.9 Å². The summed E-state index contributed by atoms with van der Waals surface area (Å²) >= 11 is 0. The third-order valence-electron chi connectivity index (χ3n) is 2.97. The van der Waals surface area contributed by atoms with E-state index in [9.17, 15) is 4.79 Å². The topological polar surface area (TPSA) is 55.1 Å². The molecule has 0 atom stereocenters. The largest absolute Gasteiger partial charge is 0.356 e. The summed E-state index contributed by atoms with van der Waals surface area (Å²) in [6.45, 7) is 1.33. The molecule has 1 amide bonds. The molecule has 1 saturated carbocycles.